The molecule has 1 aliphatic rings. The number of benzene rings is 1. The first kappa shape index (κ1) is 15.4. The van der Waals surface area contributed by atoms with Crippen LogP contribution in [0.25, 0.3) is 0 Å². The molecule has 0 aliphatic heterocycles. The van der Waals surface area contributed by atoms with Crippen LogP contribution < -0.4 is 5.32 Å². The smallest absolute Gasteiger partial charge is 0.275 e. The average Bonchev–Trinajstić information content (AvgIpc) is 2.42. The Hall–Kier alpha value is -0.980. The number of aliphatic hydroxyl groups is 1. The molecule has 20 heavy (non-hydrogen) atoms. The molecule has 1 fully saturated rings. The van der Waals surface area contributed by atoms with Crippen molar-refractivity contribution in [3.05, 3.63) is 38.3 Å². The van der Waals surface area contributed by atoms with Gasteiger partial charge >= 0.3 is 0 Å². The summed E-state index contributed by atoms with van der Waals surface area (Å²) < 4.78 is 0.717. The molecule has 0 atom stereocenters. The molecule has 2 N–H and O–H groups in total. The van der Waals surface area contributed by atoms with Crippen LogP contribution in [0.4, 0.5) is 5.69 Å². The van der Waals surface area contributed by atoms with E-state index in [-0.39, 0.29) is 16.7 Å². The van der Waals surface area contributed by atoms with Crippen LogP contribution in [0.15, 0.2) is 22.7 Å². The van der Waals surface area contributed by atoms with E-state index in [0.29, 0.717) is 22.5 Å². The number of nitro benzene ring substituents is 1. The number of nitrogens with zero attached hydrogens (tertiary/aromatic N) is 1. The molecule has 0 bridgehead atoms. The summed E-state index contributed by atoms with van der Waals surface area (Å²) in [5.41, 5.74) is 0.847. The largest absolute Gasteiger partial charge is 0.393 e. The molecule has 1 saturated carbocycles. The predicted molar refractivity (Wildman–Crippen MR) is 80.5 cm³/mol. The van der Waals surface area contributed by atoms with E-state index in [0.717, 1.165) is 32.2 Å². The Balaban J connectivity index is 1.86. The number of hydrogen-bond donors (Lipinski definition) is 2. The highest BCUT2D eigenvalue weighted by Gasteiger charge is 2.19. The second kappa shape index (κ2) is 7.15. The Kier molecular flexibility index (Phi) is 5.51. The van der Waals surface area contributed by atoms with E-state index in [1.165, 1.54) is 6.07 Å². The van der Waals surface area contributed by atoms with Crippen LogP contribution in [-0.2, 0) is 6.54 Å². The van der Waals surface area contributed by atoms with Crippen molar-refractivity contribution in [2.75, 3.05) is 6.54 Å². The van der Waals surface area contributed by atoms with E-state index in [2.05, 4.69) is 21.2 Å². The third kappa shape index (κ3) is 4.26. The summed E-state index contributed by atoms with van der Waals surface area (Å²) in [4.78, 5) is 10.7. The van der Waals surface area contributed by atoms with Crippen molar-refractivity contribution in [2.45, 2.75) is 38.3 Å². The summed E-state index contributed by atoms with van der Waals surface area (Å²) in [5.74, 6) is 0.563. The van der Waals surface area contributed by atoms with Gasteiger partial charge in [0.2, 0.25) is 0 Å². The van der Waals surface area contributed by atoms with Crippen molar-refractivity contribution in [1.82, 2.24) is 5.32 Å². The van der Waals surface area contributed by atoms with Gasteiger partial charge in [0.25, 0.3) is 5.69 Å². The molecule has 110 valence electrons. The second-order valence-electron chi connectivity index (χ2n) is 5.34. The van der Waals surface area contributed by atoms with Gasteiger partial charge in [-0.05, 0) is 50.3 Å². The molecule has 6 heteroatoms. The molecule has 0 unspecified atom stereocenters. The minimum Gasteiger partial charge on any atom is -0.393 e. The summed E-state index contributed by atoms with van der Waals surface area (Å²) in [7, 11) is 0. The molecule has 1 aliphatic carbocycles. The first-order chi connectivity index (χ1) is 9.56. The number of rotatable bonds is 5. The highest BCUT2D eigenvalue weighted by Crippen LogP contribution is 2.25. The van der Waals surface area contributed by atoms with Gasteiger partial charge in [-0.15, -0.1) is 0 Å². The van der Waals surface area contributed by atoms with Gasteiger partial charge in [-0.3, -0.25) is 10.1 Å². The van der Waals surface area contributed by atoms with E-state index in [1.807, 2.05) is 6.07 Å². The number of hydrogen-bond acceptors (Lipinski definition) is 4. The normalized spacial score (nSPS) is 22.7. The van der Waals surface area contributed by atoms with E-state index in [4.69, 9.17) is 0 Å². The first-order valence-corrected chi connectivity index (χ1v) is 7.67. The van der Waals surface area contributed by atoms with Gasteiger partial charge in [0.05, 0.1) is 11.0 Å². The highest BCUT2D eigenvalue weighted by atomic mass is 79.9. The fourth-order valence-corrected chi connectivity index (χ4v) is 2.97. The molecule has 0 radical (unpaired) electrons. The monoisotopic (exact) mass is 342 g/mol. The van der Waals surface area contributed by atoms with Crippen molar-refractivity contribution in [1.29, 1.82) is 0 Å². The third-order valence-electron chi connectivity index (χ3n) is 3.81. The van der Waals surface area contributed by atoms with Crippen molar-refractivity contribution >= 4 is 21.6 Å². The van der Waals surface area contributed by atoms with Crippen LogP contribution >= 0.6 is 15.9 Å². The van der Waals surface area contributed by atoms with Crippen LogP contribution in [0.5, 0.6) is 0 Å². The molecule has 0 aromatic heterocycles. The molecule has 0 amide bonds. The van der Waals surface area contributed by atoms with Crippen molar-refractivity contribution in [3.63, 3.8) is 0 Å². The summed E-state index contributed by atoms with van der Waals surface area (Å²) in [5, 5.41) is 23.8. The Morgan fingerprint density at radius 1 is 1.35 bits per heavy atom. The van der Waals surface area contributed by atoms with Crippen molar-refractivity contribution in [2.24, 2.45) is 5.92 Å². The minimum atomic E-state index is -0.348. The van der Waals surface area contributed by atoms with Gasteiger partial charge in [0.1, 0.15) is 0 Å². The summed E-state index contributed by atoms with van der Waals surface area (Å²) >= 11 is 3.25. The zero-order valence-electron chi connectivity index (χ0n) is 11.2. The van der Waals surface area contributed by atoms with Crippen LogP contribution in [0.3, 0.4) is 0 Å². The van der Waals surface area contributed by atoms with Gasteiger partial charge in [-0.1, -0.05) is 15.9 Å². The van der Waals surface area contributed by atoms with Crippen LogP contribution in [0, 0.1) is 16.0 Å². The fraction of sp³-hybridized carbons (Fsp3) is 0.571. The first-order valence-electron chi connectivity index (χ1n) is 6.88. The summed E-state index contributed by atoms with van der Waals surface area (Å²) in [6.45, 7) is 1.35. The molecule has 0 spiro atoms. The maximum absolute atomic E-state index is 11.0. The zero-order valence-corrected chi connectivity index (χ0v) is 12.8. The molecule has 0 heterocycles. The number of halogens is 1. The third-order valence-corrected chi connectivity index (χ3v) is 4.30. The number of nitro groups is 1. The second-order valence-corrected chi connectivity index (χ2v) is 6.25. The Morgan fingerprint density at radius 2 is 2.05 bits per heavy atom. The van der Waals surface area contributed by atoms with E-state index in [1.54, 1.807) is 6.07 Å². The lowest BCUT2D eigenvalue weighted by Gasteiger charge is -2.25. The zero-order chi connectivity index (χ0) is 14.5. The van der Waals surface area contributed by atoms with Gasteiger partial charge in [-0.2, -0.15) is 0 Å². The van der Waals surface area contributed by atoms with Crippen LogP contribution in [-0.4, -0.2) is 22.7 Å². The average molecular weight is 343 g/mol. The Bertz CT molecular complexity index is 473. The number of aliphatic hydroxyl groups excluding tert-OH is 1. The molecule has 5 nitrogen and oxygen atoms in total. The molecule has 1 aromatic carbocycles. The SMILES string of the molecule is O=[N+]([O-])c1cc(Br)ccc1CNCC1CCC(O)CC1. The van der Waals surface area contributed by atoms with Gasteiger partial charge in [-0.25, -0.2) is 0 Å². The van der Waals surface area contributed by atoms with Crippen LogP contribution in [0.2, 0.25) is 0 Å². The molecule has 2 rings (SSSR count). The van der Waals surface area contributed by atoms with E-state index < -0.39 is 0 Å². The Morgan fingerprint density at radius 3 is 2.70 bits per heavy atom. The molecule has 1 aromatic rings. The summed E-state index contributed by atoms with van der Waals surface area (Å²) in [6, 6.07) is 5.13. The van der Waals surface area contributed by atoms with Gasteiger partial charge < -0.3 is 10.4 Å². The molecule has 0 saturated heterocycles. The predicted octanol–water partition coefficient (Wildman–Crippen LogP) is 3.00. The van der Waals surface area contributed by atoms with E-state index >= 15 is 0 Å². The van der Waals surface area contributed by atoms with Crippen molar-refractivity contribution < 1.29 is 10.0 Å². The maximum atomic E-state index is 11.0. The number of nitrogens with one attached hydrogen (secondary N) is 1. The van der Waals surface area contributed by atoms with E-state index in [9.17, 15) is 15.2 Å². The topological polar surface area (TPSA) is 75.4 Å². The van der Waals surface area contributed by atoms with Gasteiger partial charge in [0, 0.05) is 22.6 Å². The molecular formula is C14H19BrN2O3. The highest BCUT2D eigenvalue weighted by molar-refractivity contribution is 9.10. The lowest BCUT2D eigenvalue weighted by molar-refractivity contribution is -0.385. The quantitative estimate of drug-likeness (QED) is 0.637. The standard InChI is InChI=1S/C14H19BrN2O3/c15-12-4-3-11(14(7-12)17(19)20)9-16-8-10-1-5-13(18)6-2-10/h3-4,7,10,13,16,18H,1-2,5-6,8-9H2. The fourth-order valence-electron chi connectivity index (χ4n) is 2.62. The van der Waals surface area contributed by atoms with Crippen molar-refractivity contribution in [3.8, 4) is 0 Å². The minimum absolute atomic E-state index is 0.140. The summed E-state index contributed by atoms with van der Waals surface area (Å²) in [6.07, 6.45) is 3.64. The lowest BCUT2D eigenvalue weighted by Crippen LogP contribution is -2.27. The van der Waals surface area contributed by atoms with Crippen LogP contribution in [0.1, 0.15) is 31.2 Å². The molecular weight excluding hydrogens is 324 g/mol. The van der Waals surface area contributed by atoms with Gasteiger partial charge in [0.15, 0.2) is 0 Å². The Labute approximate surface area is 126 Å². The lowest BCUT2D eigenvalue weighted by atomic mass is 9.87. The maximum Gasteiger partial charge on any atom is 0.275 e.